The SMILES string of the molecule is CCCCCCCC/C=C\CCCCCCCC(=O)OC[C@H](COP(=O)(O)OC1C(O)C(O)C(OP(=O)(O)O)[C@@H](O)C1O)OC(=O)CCCCCCC/C=C\CCCCCCCC. The molecule has 0 aromatic rings. The molecule has 6 unspecified atom stereocenters. The Hall–Kier alpha value is -1.52. The molecule has 7 N–H and O–H groups in total. The zero-order valence-electron chi connectivity index (χ0n) is 38.3. The number of unbranched alkanes of at least 4 members (excludes halogenated alkanes) is 22. The topological polar surface area (TPSA) is 256 Å². The first-order valence-electron chi connectivity index (χ1n) is 23.9. The van der Waals surface area contributed by atoms with E-state index in [-0.39, 0.29) is 12.8 Å². The molecule has 18 heteroatoms. The predicted octanol–water partition coefficient (Wildman–Crippen LogP) is 8.95. The molecule has 1 saturated carbocycles. The monoisotopic (exact) mass is 943 g/mol. The van der Waals surface area contributed by atoms with E-state index in [9.17, 15) is 44.0 Å². The average molecular weight is 943 g/mol. The van der Waals surface area contributed by atoms with E-state index in [1.807, 2.05) is 0 Å². The van der Waals surface area contributed by atoms with E-state index in [2.05, 4.69) is 42.7 Å². The molecule has 0 amide bonds. The van der Waals surface area contributed by atoms with Gasteiger partial charge in [-0.2, -0.15) is 0 Å². The van der Waals surface area contributed by atoms with Gasteiger partial charge in [0.25, 0.3) is 0 Å². The quantitative estimate of drug-likeness (QED) is 0.0131. The van der Waals surface area contributed by atoms with Crippen LogP contribution in [-0.4, -0.2) is 103 Å². The van der Waals surface area contributed by atoms with E-state index in [4.69, 9.17) is 28.3 Å². The van der Waals surface area contributed by atoms with Gasteiger partial charge in [-0.25, -0.2) is 9.13 Å². The van der Waals surface area contributed by atoms with E-state index in [1.54, 1.807) is 0 Å². The van der Waals surface area contributed by atoms with Crippen LogP contribution >= 0.6 is 15.6 Å². The van der Waals surface area contributed by atoms with Crippen LogP contribution in [0.15, 0.2) is 24.3 Å². The maximum Gasteiger partial charge on any atom is 0.472 e. The number of aliphatic hydroxyl groups is 4. The van der Waals surface area contributed by atoms with E-state index in [0.29, 0.717) is 12.8 Å². The molecule has 0 aliphatic heterocycles. The van der Waals surface area contributed by atoms with Crippen LogP contribution in [0.1, 0.15) is 194 Å². The van der Waals surface area contributed by atoms with E-state index in [0.717, 1.165) is 77.0 Å². The van der Waals surface area contributed by atoms with Crippen LogP contribution < -0.4 is 0 Å². The Kier molecular flexibility index (Phi) is 34.5. The van der Waals surface area contributed by atoms with Gasteiger partial charge in [-0.1, -0.05) is 141 Å². The number of phosphoric acid groups is 2. The van der Waals surface area contributed by atoms with E-state index >= 15 is 0 Å². The standard InChI is InChI=1S/C45H84O16P2/c1-3-5-7-9-11-13-15-17-19-21-23-25-27-29-31-33-38(46)57-35-37(59-39(47)34-32-30-28-26-24-22-20-18-16-14-12-10-8-6-4-2)36-58-63(55,56)61-45-42(50)40(48)44(41(49)43(45)51)60-62(52,53)54/h17-20,37,40-45,48-51H,3-16,21-36H2,1-2H3,(H,55,56)(H2,52,53,54)/b19-17-,20-18-/t37-,40+,41?,42?,43?,44?,45?/m1/s1. The van der Waals surface area contributed by atoms with Gasteiger partial charge < -0.3 is 44.6 Å². The van der Waals surface area contributed by atoms with Crippen molar-refractivity contribution in [2.24, 2.45) is 0 Å². The first-order valence-corrected chi connectivity index (χ1v) is 26.9. The second-order valence-electron chi connectivity index (χ2n) is 16.8. The highest BCUT2D eigenvalue weighted by Gasteiger charge is 2.54. The minimum Gasteiger partial charge on any atom is -0.462 e. The Balaban J connectivity index is 2.58. The molecule has 1 aliphatic carbocycles. The highest BCUT2D eigenvalue weighted by Crippen LogP contribution is 2.48. The zero-order valence-corrected chi connectivity index (χ0v) is 40.1. The summed E-state index contributed by atoms with van der Waals surface area (Å²) in [7, 11) is -10.6. The smallest absolute Gasteiger partial charge is 0.462 e. The number of esters is 2. The van der Waals surface area contributed by atoms with Crippen molar-refractivity contribution in [2.75, 3.05) is 13.2 Å². The Morgan fingerprint density at radius 1 is 0.492 bits per heavy atom. The number of phosphoric ester groups is 2. The highest BCUT2D eigenvalue weighted by molar-refractivity contribution is 7.47. The van der Waals surface area contributed by atoms with Gasteiger partial charge in [0, 0.05) is 12.8 Å². The van der Waals surface area contributed by atoms with Crippen LogP contribution in [0.4, 0.5) is 0 Å². The third kappa shape index (κ3) is 31.2. The number of hydrogen-bond acceptors (Lipinski definition) is 13. The number of rotatable bonds is 40. The second-order valence-corrected chi connectivity index (χ2v) is 19.4. The average Bonchev–Trinajstić information content (AvgIpc) is 3.23. The first-order chi connectivity index (χ1) is 30.1. The van der Waals surface area contributed by atoms with Gasteiger partial charge in [0.15, 0.2) is 6.10 Å². The molecule has 16 nitrogen and oxygen atoms in total. The van der Waals surface area contributed by atoms with Crippen LogP contribution in [0.25, 0.3) is 0 Å². The van der Waals surface area contributed by atoms with Crippen molar-refractivity contribution >= 4 is 27.6 Å². The number of ether oxygens (including phenoxy) is 2. The van der Waals surface area contributed by atoms with Crippen LogP contribution in [0, 0.1) is 0 Å². The minimum absolute atomic E-state index is 0.0406. The van der Waals surface area contributed by atoms with Crippen LogP contribution in [-0.2, 0) is 41.8 Å². The molecule has 1 rings (SSSR count). The summed E-state index contributed by atoms with van der Waals surface area (Å²) in [6.45, 7) is 3.12. The maximum absolute atomic E-state index is 12.9. The van der Waals surface area contributed by atoms with Gasteiger partial charge in [-0.05, 0) is 64.2 Å². The summed E-state index contributed by atoms with van der Waals surface area (Å²) >= 11 is 0. The van der Waals surface area contributed by atoms with Gasteiger partial charge in [-0.3, -0.25) is 23.2 Å². The Labute approximate surface area is 377 Å². The van der Waals surface area contributed by atoms with Gasteiger partial charge >= 0.3 is 27.6 Å². The van der Waals surface area contributed by atoms with Crippen LogP contribution in [0.3, 0.4) is 0 Å². The third-order valence-corrected chi connectivity index (χ3v) is 12.5. The molecule has 8 atom stereocenters. The summed E-state index contributed by atoms with van der Waals surface area (Å²) in [5.74, 6) is -1.21. The van der Waals surface area contributed by atoms with Gasteiger partial charge in [0.1, 0.15) is 43.2 Å². The molecule has 0 spiro atoms. The molecule has 0 aromatic carbocycles. The molecule has 1 fully saturated rings. The van der Waals surface area contributed by atoms with Gasteiger partial charge in [0.05, 0.1) is 6.61 Å². The molecule has 63 heavy (non-hydrogen) atoms. The molecular weight excluding hydrogens is 858 g/mol. The zero-order chi connectivity index (χ0) is 46.8. The van der Waals surface area contributed by atoms with E-state index < -0.39 is 83.5 Å². The normalized spacial score (nSPS) is 22.1. The second kappa shape index (κ2) is 36.6. The molecule has 0 heterocycles. The summed E-state index contributed by atoms with van der Waals surface area (Å²) < 4.78 is 49.1. The fourth-order valence-corrected chi connectivity index (χ4v) is 8.79. The minimum atomic E-state index is -5.31. The first kappa shape index (κ1) is 59.5. The van der Waals surface area contributed by atoms with Gasteiger partial charge in [-0.15, -0.1) is 0 Å². The number of carbonyl (C=O) groups excluding carboxylic acids is 2. The summed E-state index contributed by atoms with van der Waals surface area (Å²) in [5, 5.41) is 41.5. The predicted molar refractivity (Wildman–Crippen MR) is 241 cm³/mol. The van der Waals surface area contributed by atoms with Crippen LogP contribution in [0.2, 0.25) is 0 Å². The van der Waals surface area contributed by atoms with Gasteiger partial charge in [0.2, 0.25) is 0 Å². The largest absolute Gasteiger partial charge is 0.472 e. The van der Waals surface area contributed by atoms with Crippen molar-refractivity contribution in [3.05, 3.63) is 24.3 Å². The highest BCUT2D eigenvalue weighted by atomic mass is 31.2. The lowest BCUT2D eigenvalue weighted by Gasteiger charge is -2.43. The van der Waals surface area contributed by atoms with Crippen molar-refractivity contribution in [3.63, 3.8) is 0 Å². The fourth-order valence-electron chi connectivity index (χ4n) is 7.25. The van der Waals surface area contributed by atoms with Crippen LogP contribution in [0.5, 0.6) is 0 Å². The summed E-state index contributed by atoms with van der Waals surface area (Å²) in [4.78, 5) is 54.0. The lowest BCUT2D eigenvalue weighted by molar-refractivity contribution is -0.216. The van der Waals surface area contributed by atoms with Crippen molar-refractivity contribution in [3.8, 4) is 0 Å². The number of hydrogen-bond donors (Lipinski definition) is 7. The molecule has 370 valence electrons. The number of allylic oxidation sites excluding steroid dienone is 4. The summed E-state index contributed by atoms with van der Waals surface area (Å²) in [5.41, 5.74) is 0. The van der Waals surface area contributed by atoms with Crippen molar-refractivity contribution in [1.29, 1.82) is 0 Å². The Morgan fingerprint density at radius 3 is 1.24 bits per heavy atom. The molecule has 0 aromatic heterocycles. The maximum atomic E-state index is 12.9. The third-order valence-electron chi connectivity index (χ3n) is 11.0. The number of carbonyl (C=O) groups is 2. The number of aliphatic hydroxyl groups excluding tert-OH is 4. The van der Waals surface area contributed by atoms with Crippen molar-refractivity contribution in [1.82, 2.24) is 0 Å². The lowest BCUT2D eigenvalue weighted by Crippen LogP contribution is -2.64. The van der Waals surface area contributed by atoms with Crippen molar-refractivity contribution in [2.45, 2.75) is 236 Å². The molecular formula is C45H84O16P2. The Bertz CT molecular complexity index is 1310. The lowest BCUT2D eigenvalue weighted by atomic mass is 9.85. The fraction of sp³-hybridized carbons (Fsp3) is 0.867. The molecule has 0 saturated heterocycles. The molecule has 0 bridgehead atoms. The van der Waals surface area contributed by atoms with Crippen molar-refractivity contribution < 1.29 is 76.9 Å². The summed E-state index contributed by atoms with van der Waals surface area (Å²) in [6, 6.07) is 0. The summed E-state index contributed by atoms with van der Waals surface area (Å²) in [6.07, 6.45) is 22.9. The molecule has 0 radical (unpaired) electrons. The van der Waals surface area contributed by atoms with E-state index in [1.165, 1.54) is 77.0 Å². The molecule has 1 aliphatic rings. The Morgan fingerprint density at radius 2 is 0.841 bits per heavy atom.